The van der Waals surface area contributed by atoms with Crippen molar-refractivity contribution in [2.45, 2.75) is 32.2 Å². The van der Waals surface area contributed by atoms with Crippen LogP contribution in [0.5, 0.6) is 11.5 Å². The van der Waals surface area contributed by atoms with Gasteiger partial charge in [0.05, 0.1) is 5.92 Å². The molecule has 148 valence electrons. The molecule has 29 heavy (non-hydrogen) atoms. The molecular formula is C24H25N3O2. The van der Waals surface area contributed by atoms with Crippen molar-refractivity contribution >= 4 is 5.91 Å². The lowest BCUT2D eigenvalue weighted by molar-refractivity contribution is -0.133. The molecule has 3 heterocycles. The van der Waals surface area contributed by atoms with E-state index in [1.54, 1.807) is 0 Å². The summed E-state index contributed by atoms with van der Waals surface area (Å²) in [6, 6.07) is 15.8. The van der Waals surface area contributed by atoms with Crippen molar-refractivity contribution in [2.75, 3.05) is 13.1 Å². The van der Waals surface area contributed by atoms with Crippen molar-refractivity contribution in [2.24, 2.45) is 5.92 Å². The van der Waals surface area contributed by atoms with Crippen molar-refractivity contribution in [1.29, 1.82) is 0 Å². The van der Waals surface area contributed by atoms with E-state index in [4.69, 9.17) is 4.74 Å². The topological polar surface area (TPSA) is 47.4 Å². The van der Waals surface area contributed by atoms with E-state index in [1.165, 1.54) is 0 Å². The average molecular weight is 387 g/mol. The van der Waals surface area contributed by atoms with E-state index in [0.717, 1.165) is 60.9 Å². The van der Waals surface area contributed by atoms with Crippen molar-refractivity contribution in [3.8, 4) is 11.5 Å². The van der Waals surface area contributed by atoms with Crippen LogP contribution in [0.4, 0.5) is 0 Å². The standard InChI is InChI=1S/C24H25N3O2/c1-17-25-12-15-27(17)16-18-10-13-26(14-11-18)24(28)23-19-6-2-4-8-21(19)29-22-9-5-3-7-20(22)23/h2-9,12,15,18,23H,10-11,13-14,16H2,1H3. The number of likely N-dealkylation sites (tertiary alicyclic amines) is 1. The maximum absolute atomic E-state index is 13.6. The minimum absolute atomic E-state index is 0.186. The number of nitrogens with zero attached hydrogens (tertiary/aromatic N) is 3. The summed E-state index contributed by atoms with van der Waals surface area (Å²) < 4.78 is 8.27. The molecule has 0 radical (unpaired) electrons. The molecule has 2 aliphatic heterocycles. The van der Waals surface area contributed by atoms with Gasteiger partial charge in [-0.25, -0.2) is 4.98 Å². The third kappa shape index (κ3) is 3.31. The molecule has 0 bridgehead atoms. The van der Waals surface area contributed by atoms with Crippen molar-refractivity contribution in [3.05, 3.63) is 77.9 Å². The number of imidazole rings is 1. The first kappa shape index (κ1) is 18.0. The largest absolute Gasteiger partial charge is 0.457 e. The molecule has 1 saturated heterocycles. The molecule has 0 spiro atoms. The first-order valence-corrected chi connectivity index (χ1v) is 10.3. The van der Waals surface area contributed by atoms with Crippen molar-refractivity contribution in [3.63, 3.8) is 0 Å². The molecule has 5 heteroatoms. The molecule has 0 saturated carbocycles. The number of para-hydroxylation sites is 2. The van der Waals surface area contributed by atoms with Crippen LogP contribution in [0.25, 0.3) is 0 Å². The minimum Gasteiger partial charge on any atom is -0.457 e. The lowest BCUT2D eigenvalue weighted by Crippen LogP contribution is -2.42. The molecular weight excluding hydrogens is 362 g/mol. The molecule has 5 rings (SSSR count). The molecule has 2 aliphatic rings. The van der Waals surface area contributed by atoms with Crippen LogP contribution < -0.4 is 4.74 Å². The average Bonchev–Trinajstić information content (AvgIpc) is 3.16. The predicted octanol–water partition coefficient (Wildman–Crippen LogP) is 4.37. The highest BCUT2D eigenvalue weighted by Gasteiger charge is 2.36. The zero-order valence-corrected chi connectivity index (χ0v) is 16.6. The van der Waals surface area contributed by atoms with Gasteiger partial charge in [-0.15, -0.1) is 0 Å². The third-order valence-corrected chi connectivity index (χ3v) is 6.23. The molecule has 0 atom stereocenters. The van der Waals surface area contributed by atoms with Gasteiger partial charge in [0.1, 0.15) is 17.3 Å². The lowest BCUT2D eigenvalue weighted by Gasteiger charge is -2.36. The first-order chi connectivity index (χ1) is 14.2. The van der Waals surface area contributed by atoms with Gasteiger partial charge in [-0.3, -0.25) is 4.79 Å². The van der Waals surface area contributed by atoms with Crippen LogP contribution in [0.1, 0.15) is 35.7 Å². The zero-order chi connectivity index (χ0) is 19.8. The molecule has 3 aromatic rings. The highest BCUT2D eigenvalue weighted by molar-refractivity contribution is 5.89. The molecule has 0 aliphatic carbocycles. The van der Waals surface area contributed by atoms with Gasteiger partial charge in [-0.1, -0.05) is 36.4 Å². The number of hydrogen-bond donors (Lipinski definition) is 0. The second-order valence-electron chi connectivity index (χ2n) is 8.01. The number of benzene rings is 2. The van der Waals surface area contributed by atoms with Gasteiger partial charge in [0, 0.05) is 43.2 Å². The van der Waals surface area contributed by atoms with Crippen LogP contribution in [-0.4, -0.2) is 33.4 Å². The number of fused-ring (bicyclic) bond motifs is 2. The highest BCUT2D eigenvalue weighted by atomic mass is 16.5. The Morgan fingerprint density at radius 1 is 1.03 bits per heavy atom. The molecule has 1 aromatic heterocycles. The third-order valence-electron chi connectivity index (χ3n) is 6.23. The van der Waals surface area contributed by atoms with Crippen LogP contribution in [0.3, 0.4) is 0 Å². The summed E-state index contributed by atoms with van der Waals surface area (Å²) in [5, 5.41) is 0. The fourth-order valence-corrected chi connectivity index (χ4v) is 4.57. The number of hydrogen-bond acceptors (Lipinski definition) is 3. The highest BCUT2D eigenvalue weighted by Crippen LogP contribution is 2.44. The minimum atomic E-state index is -0.288. The van der Waals surface area contributed by atoms with Crippen molar-refractivity contribution < 1.29 is 9.53 Å². The predicted molar refractivity (Wildman–Crippen MR) is 111 cm³/mol. The normalized spacial score (nSPS) is 16.8. The Morgan fingerprint density at radius 3 is 2.24 bits per heavy atom. The number of aryl methyl sites for hydroxylation is 1. The molecule has 2 aromatic carbocycles. The Bertz CT molecular complexity index is 988. The quantitative estimate of drug-likeness (QED) is 0.671. The lowest BCUT2D eigenvalue weighted by atomic mass is 9.86. The number of amides is 1. The Kier molecular flexibility index (Phi) is 4.58. The Hall–Kier alpha value is -3.08. The van der Waals surface area contributed by atoms with E-state index in [9.17, 15) is 4.79 Å². The Labute approximate surface area is 170 Å². The van der Waals surface area contributed by atoms with Gasteiger partial charge >= 0.3 is 0 Å². The van der Waals surface area contributed by atoms with Crippen molar-refractivity contribution in [1.82, 2.24) is 14.5 Å². The molecule has 1 fully saturated rings. The van der Waals surface area contributed by atoms with Gasteiger partial charge in [0.2, 0.25) is 5.91 Å². The molecule has 1 amide bonds. The van der Waals surface area contributed by atoms with E-state index < -0.39 is 0 Å². The van der Waals surface area contributed by atoms with E-state index in [0.29, 0.717) is 5.92 Å². The zero-order valence-electron chi connectivity index (χ0n) is 16.6. The van der Waals surface area contributed by atoms with Crippen LogP contribution in [-0.2, 0) is 11.3 Å². The smallest absolute Gasteiger partial charge is 0.234 e. The maximum Gasteiger partial charge on any atom is 0.234 e. The second-order valence-corrected chi connectivity index (χ2v) is 8.01. The molecule has 0 unspecified atom stereocenters. The first-order valence-electron chi connectivity index (χ1n) is 10.3. The van der Waals surface area contributed by atoms with Crippen LogP contribution in [0, 0.1) is 12.8 Å². The number of carbonyl (C=O) groups is 1. The monoisotopic (exact) mass is 387 g/mol. The van der Waals surface area contributed by atoms with Gasteiger partial charge in [0.15, 0.2) is 0 Å². The molecule has 5 nitrogen and oxygen atoms in total. The van der Waals surface area contributed by atoms with E-state index >= 15 is 0 Å². The van der Waals surface area contributed by atoms with Gasteiger partial charge in [-0.2, -0.15) is 0 Å². The fourth-order valence-electron chi connectivity index (χ4n) is 4.57. The number of piperidine rings is 1. The fraction of sp³-hybridized carbons (Fsp3) is 0.333. The van der Waals surface area contributed by atoms with Gasteiger partial charge in [0.25, 0.3) is 0 Å². The van der Waals surface area contributed by atoms with E-state index in [1.807, 2.05) is 72.7 Å². The summed E-state index contributed by atoms with van der Waals surface area (Å²) in [6.07, 6.45) is 5.95. The number of carbonyl (C=O) groups excluding carboxylic acids is 1. The number of rotatable bonds is 3. The number of ether oxygens (including phenoxy) is 1. The Morgan fingerprint density at radius 2 is 1.66 bits per heavy atom. The number of aromatic nitrogens is 2. The molecule has 0 N–H and O–H groups in total. The Balaban J connectivity index is 1.35. The summed E-state index contributed by atoms with van der Waals surface area (Å²) in [6.45, 7) is 4.63. The van der Waals surface area contributed by atoms with Gasteiger partial charge in [-0.05, 0) is 37.8 Å². The summed E-state index contributed by atoms with van der Waals surface area (Å²) in [5.41, 5.74) is 1.93. The summed E-state index contributed by atoms with van der Waals surface area (Å²) >= 11 is 0. The van der Waals surface area contributed by atoms with Crippen LogP contribution in [0.2, 0.25) is 0 Å². The SMILES string of the molecule is Cc1nccn1CC1CCN(C(=O)C2c3ccccc3Oc3ccccc32)CC1. The van der Waals surface area contributed by atoms with E-state index in [2.05, 4.69) is 9.55 Å². The summed E-state index contributed by atoms with van der Waals surface area (Å²) in [4.78, 5) is 20.0. The van der Waals surface area contributed by atoms with E-state index in [-0.39, 0.29) is 11.8 Å². The second kappa shape index (κ2) is 7.39. The van der Waals surface area contributed by atoms with Gasteiger partial charge < -0.3 is 14.2 Å². The van der Waals surface area contributed by atoms with Crippen LogP contribution in [0.15, 0.2) is 60.9 Å². The summed E-state index contributed by atoms with van der Waals surface area (Å²) in [5.74, 6) is 3.11. The maximum atomic E-state index is 13.6. The summed E-state index contributed by atoms with van der Waals surface area (Å²) in [7, 11) is 0. The van der Waals surface area contributed by atoms with Crippen LogP contribution >= 0.6 is 0 Å².